The highest BCUT2D eigenvalue weighted by Gasteiger charge is 2.12. The number of halogens is 2. The first-order valence-corrected chi connectivity index (χ1v) is 6.78. The van der Waals surface area contributed by atoms with Gasteiger partial charge in [-0.2, -0.15) is 0 Å². The van der Waals surface area contributed by atoms with Gasteiger partial charge in [0.25, 0.3) is 0 Å². The Labute approximate surface area is 128 Å². The Hall–Kier alpha value is -1.79. The zero-order valence-electron chi connectivity index (χ0n) is 10.1. The number of nitrogens with one attached hydrogen (secondary N) is 1. The molecule has 1 heterocycles. The summed E-state index contributed by atoms with van der Waals surface area (Å²) < 4.78 is 2.16. The maximum atomic E-state index is 11.9. The van der Waals surface area contributed by atoms with E-state index < -0.39 is 5.97 Å². The minimum Gasteiger partial charge on any atom is -0.477 e. The van der Waals surface area contributed by atoms with E-state index in [1.807, 2.05) is 0 Å². The van der Waals surface area contributed by atoms with Gasteiger partial charge in [0.05, 0.1) is 10.7 Å². The minimum atomic E-state index is -1.08. The lowest BCUT2D eigenvalue weighted by atomic mass is 10.3. The molecule has 0 aliphatic heterocycles. The fraction of sp³-hybridized carbons (Fsp3) is 0.0769. The van der Waals surface area contributed by atoms with Crippen LogP contribution >= 0.6 is 27.5 Å². The van der Waals surface area contributed by atoms with E-state index in [9.17, 15) is 9.59 Å². The molecule has 0 unspecified atom stereocenters. The highest BCUT2D eigenvalue weighted by Crippen LogP contribution is 2.25. The fourth-order valence-electron chi connectivity index (χ4n) is 1.68. The van der Waals surface area contributed by atoms with Crippen molar-refractivity contribution >= 4 is 45.1 Å². The first kappa shape index (κ1) is 14.6. The summed E-state index contributed by atoms with van der Waals surface area (Å²) in [6.07, 6.45) is 1.53. The van der Waals surface area contributed by atoms with Crippen molar-refractivity contribution in [3.63, 3.8) is 0 Å². The Morgan fingerprint density at radius 2 is 2.10 bits per heavy atom. The molecule has 0 saturated carbocycles. The van der Waals surface area contributed by atoms with Crippen molar-refractivity contribution in [2.75, 3.05) is 5.32 Å². The van der Waals surface area contributed by atoms with E-state index >= 15 is 0 Å². The number of carbonyl (C=O) groups excluding carboxylic acids is 1. The molecule has 104 valence electrons. The molecule has 0 radical (unpaired) electrons. The third-order valence-electron chi connectivity index (χ3n) is 2.57. The molecule has 5 nitrogen and oxygen atoms in total. The largest absolute Gasteiger partial charge is 0.477 e. The third kappa shape index (κ3) is 3.40. The van der Waals surface area contributed by atoms with Crippen LogP contribution in [-0.4, -0.2) is 21.6 Å². The predicted octanol–water partition coefficient (Wildman–Crippen LogP) is 3.24. The molecule has 1 amide bonds. The van der Waals surface area contributed by atoms with E-state index in [1.54, 1.807) is 24.3 Å². The minimum absolute atomic E-state index is 0.0575. The van der Waals surface area contributed by atoms with Crippen LogP contribution < -0.4 is 5.32 Å². The van der Waals surface area contributed by atoms with Crippen molar-refractivity contribution in [1.82, 2.24) is 4.57 Å². The molecule has 0 aliphatic rings. The number of benzene rings is 1. The number of hydrogen-bond donors (Lipinski definition) is 2. The third-order valence-corrected chi connectivity index (χ3v) is 3.37. The van der Waals surface area contributed by atoms with Gasteiger partial charge in [0, 0.05) is 10.7 Å². The quantitative estimate of drug-likeness (QED) is 0.882. The molecule has 0 atom stereocenters. The SMILES string of the molecule is O=C(Cn1cccc1C(=O)O)Nc1ccc(Br)cc1Cl. The maximum Gasteiger partial charge on any atom is 0.352 e. The lowest BCUT2D eigenvalue weighted by molar-refractivity contribution is -0.116. The summed E-state index contributed by atoms with van der Waals surface area (Å²) in [5, 5.41) is 12.0. The van der Waals surface area contributed by atoms with Crippen LogP contribution in [0.25, 0.3) is 0 Å². The Morgan fingerprint density at radius 3 is 2.75 bits per heavy atom. The van der Waals surface area contributed by atoms with Crippen LogP contribution in [0.4, 0.5) is 5.69 Å². The van der Waals surface area contributed by atoms with Crippen LogP contribution in [0.15, 0.2) is 41.0 Å². The molecule has 2 rings (SSSR count). The average molecular weight is 358 g/mol. The van der Waals surface area contributed by atoms with E-state index in [1.165, 1.54) is 16.8 Å². The summed E-state index contributed by atoms with van der Waals surface area (Å²) in [4.78, 5) is 22.8. The van der Waals surface area contributed by atoms with E-state index in [4.69, 9.17) is 16.7 Å². The topological polar surface area (TPSA) is 71.3 Å². The van der Waals surface area contributed by atoms with Crippen molar-refractivity contribution in [1.29, 1.82) is 0 Å². The second-order valence-electron chi connectivity index (χ2n) is 4.00. The lowest BCUT2D eigenvalue weighted by Gasteiger charge is -2.09. The number of carboxylic acids is 1. The van der Waals surface area contributed by atoms with Crippen LogP contribution in [-0.2, 0) is 11.3 Å². The molecule has 0 saturated heterocycles. The predicted molar refractivity (Wildman–Crippen MR) is 79.2 cm³/mol. The van der Waals surface area contributed by atoms with Gasteiger partial charge >= 0.3 is 5.97 Å². The van der Waals surface area contributed by atoms with Crippen LogP contribution in [0.2, 0.25) is 5.02 Å². The van der Waals surface area contributed by atoms with Gasteiger partial charge in [-0.1, -0.05) is 27.5 Å². The summed E-state index contributed by atoms with van der Waals surface area (Å²) in [6.45, 7) is -0.0962. The Balaban J connectivity index is 2.09. The van der Waals surface area contributed by atoms with E-state index in [2.05, 4.69) is 21.2 Å². The van der Waals surface area contributed by atoms with Gasteiger partial charge in [-0.3, -0.25) is 4.79 Å². The molecule has 20 heavy (non-hydrogen) atoms. The molecule has 2 aromatic rings. The van der Waals surface area contributed by atoms with Crippen molar-refractivity contribution in [3.05, 3.63) is 51.7 Å². The van der Waals surface area contributed by atoms with Gasteiger partial charge in [-0.25, -0.2) is 4.79 Å². The summed E-state index contributed by atoms with van der Waals surface area (Å²) in [5.74, 6) is -1.43. The molecule has 0 spiro atoms. The molecular weight excluding hydrogens is 348 g/mol. The zero-order chi connectivity index (χ0) is 14.7. The number of carbonyl (C=O) groups is 2. The molecule has 0 bridgehead atoms. The Bertz CT molecular complexity index is 669. The van der Waals surface area contributed by atoms with Gasteiger partial charge in [0.2, 0.25) is 5.91 Å². The number of aromatic nitrogens is 1. The molecule has 1 aromatic carbocycles. The summed E-state index contributed by atoms with van der Waals surface area (Å²) in [5.41, 5.74) is 0.533. The zero-order valence-corrected chi connectivity index (χ0v) is 12.5. The molecular formula is C13H10BrClN2O3. The van der Waals surface area contributed by atoms with Crippen molar-refractivity contribution < 1.29 is 14.7 Å². The van der Waals surface area contributed by atoms with Crippen LogP contribution in [0.3, 0.4) is 0 Å². The molecule has 0 aliphatic carbocycles. The Morgan fingerprint density at radius 1 is 1.35 bits per heavy atom. The van der Waals surface area contributed by atoms with Crippen molar-refractivity contribution in [3.8, 4) is 0 Å². The monoisotopic (exact) mass is 356 g/mol. The van der Waals surface area contributed by atoms with E-state index in [0.717, 1.165) is 4.47 Å². The standard InChI is InChI=1S/C13H10BrClN2O3/c14-8-3-4-10(9(15)6-8)16-12(18)7-17-5-1-2-11(17)13(19)20/h1-6H,7H2,(H,16,18)(H,19,20). The Kier molecular flexibility index (Phi) is 4.46. The first-order chi connectivity index (χ1) is 9.47. The number of amides is 1. The number of aromatic carboxylic acids is 1. The number of nitrogens with zero attached hydrogens (tertiary/aromatic N) is 1. The second kappa shape index (κ2) is 6.11. The summed E-state index contributed by atoms with van der Waals surface area (Å²) in [6, 6.07) is 8.08. The van der Waals surface area contributed by atoms with Crippen LogP contribution in [0.5, 0.6) is 0 Å². The fourth-order valence-corrected chi connectivity index (χ4v) is 2.40. The highest BCUT2D eigenvalue weighted by atomic mass is 79.9. The molecule has 7 heteroatoms. The summed E-state index contributed by atoms with van der Waals surface area (Å²) >= 11 is 9.26. The lowest BCUT2D eigenvalue weighted by Crippen LogP contribution is -2.21. The van der Waals surface area contributed by atoms with Gasteiger partial charge in [-0.15, -0.1) is 0 Å². The molecule has 1 aromatic heterocycles. The number of rotatable bonds is 4. The maximum absolute atomic E-state index is 11.9. The van der Waals surface area contributed by atoms with Crippen molar-refractivity contribution in [2.45, 2.75) is 6.54 Å². The summed E-state index contributed by atoms with van der Waals surface area (Å²) in [7, 11) is 0. The number of hydrogen-bond acceptors (Lipinski definition) is 2. The average Bonchev–Trinajstić information content (AvgIpc) is 2.81. The van der Waals surface area contributed by atoms with Gasteiger partial charge in [0.15, 0.2) is 0 Å². The number of carboxylic acid groups (broad SMARTS) is 1. The van der Waals surface area contributed by atoms with Crippen LogP contribution in [0.1, 0.15) is 10.5 Å². The highest BCUT2D eigenvalue weighted by molar-refractivity contribution is 9.10. The second-order valence-corrected chi connectivity index (χ2v) is 5.32. The number of anilines is 1. The van der Waals surface area contributed by atoms with Gasteiger partial charge < -0.3 is 15.0 Å². The molecule has 2 N–H and O–H groups in total. The normalized spacial score (nSPS) is 10.3. The van der Waals surface area contributed by atoms with E-state index in [0.29, 0.717) is 10.7 Å². The van der Waals surface area contributed by atoms with Crippen LogP contribution in [0, 0.1) is 0 Å². The van der Waals surface area contributed by atoms with E-state index in [-0.39, 0.29) is 18.1 Å². The molecule has 0 fully saturated rings. The van der Waals surface area contributed by atoms with Crippen molar-refractivity contribution in [2.24, 2.45) is 0 Å². The first-order valence-electron chi connectivity index (χ1n) is 5.60. The van der Waals surface area contributed by atoms with Gasteiger partial charge in [0.1, 0.15) is 12.2 Å². The smallest absolute Gasteiger partial charge is 0.352 e. The van der Waals surface area contributed by atoms with Gasteiger partial charge in [-0.05, 0) is 30.3 Å².